The molecule has 0 heterocycles. The van der Waals surface area contributed by atoms with Crippen LogP contribution in [0.2, 0.25) is 0 Å². The summed E-state index contributed by atoms with van der Waals surface area (Å²) >= 11 is 0. The summed E-state index contributed by atoms with van der Waals surface area (Å²) in [6, 6.07) is 12.0. The molecule has 0 spiro atoms. The molecular formula is C9H12O2. The first-order valence-corrected chi connectivity index (χ1v) is 2.97. The second kappa shape index (κ2) is 11.4. The molecule has 0 unspecified atom stereocenters. The topological polar surface area (TPSA) is 51.7 Å². The maximum absolute atomic E-state index is 7.51. The van der Waals surface area contributed by atoms with Crippen molar-refractivity contribution >= 4 is 0 Å². The van der Waals surface area contributed by atoms with Crippen LogP contribution in [0.1, 0.15) is 6.92 Å². The Morgan fingerprint density at radius 1 is 0.909 bits per heavy atom. The van der Waals surface area contributed by atoms with Crippen LogP contribution in [-0.2, 0) is 0 Å². The Hall–Kier alpha value is -1.46. The van der Waals surface area contributed by atoms with Crippen molar-refractivity contribution in [3.05, 3.63) is 36.4 Å². The van der Waals surface area contributed by atoms with Crippen molar-refractivity contribution in [3.63, 3.8) is 0 Å². The fourth-order valence-corrected chi connectivity index (χ4v) is 0.385. The zero-order chi connectivity index (χ0) is 7.66. The van der Waals surface area contributed by atoms with Gasteiger partial charge in [0.15, 0.2) is 0 Å². The van der Waals surface area contributed by atoms with Gasteiger partial charge >= 0.3 is 0 Å². The van der Waals surface area contributed by atoms with Crippen LogP contribution in [-0.4, -0.2) is 10.6 Å². The van der Waals surface area contributed by atoms with Gasteiger partial charge in [-0.1, -0.05) is 42.3 Å². The molecule has 0 radical (unpaired) electrons. The maximum Gasteiger partial charge on any atom is 0.107 e. The van der Waals surface area contributed by atoms with E-state index in [1.165, 1.54) is 0 Å². The van der Waals surface area contributed by atoms with Crippen LogP contribution < -0.4 is 0 Å². The van der Waals surface area contributed by atoms with Gasteiger partial charge in [-0.25, -0.2) is 0 Å². The SMILES string of the molecule is CC#CO.O.c1ccccc1. The van der Waals surface area contributed by atoms with Gasteiger partial charge in [-0.3, -0.25) is 0 Å². The quantitative estimate of drug-likeness (QED) is 0.558. The van der Waals surface area contributed by atoms with Gasteiger partial charge in [0.2, 0.25) is 0 Å². The van der Waals surface area contributed by atoms with E-state index < -0.39 is 0 Å². The lowest BCUT2D eigenvalue weighted by Crippen LogP contribution is -1.47. The Kier molecular flexibility index (Phi) is 12.6. The zero-order valence-electron chi connectivity index (χ0n) is 6.41. The molecular weight excluding hydrogens is 140 g/mol. The first-order chi connectivity index (χ1) is 4.91. The molecule has 2 nitrogen and oxygen atoms in total. The van der Waals surface area contributed by atoms with Gasteiger partial charge in [0.05, 0.1) is 0 Å². The van der Waals surface area contributed by atoms with E-state index >= 15 is 0 Å². The molecule has 0 aliphatic carbocycles. The summed E-state index contributed by atoms with van der Waals surface area (Å²) in [7, 11) is 0. The highest BCUT2D eigenvalue weighted by Gasteiger charge is 1.57. The van der Waals surface area contributed by atoms with Crippen LogP contribution in [0, 0.1) is 12.0 Å². The monoisotopic (exact) mass is 152 g/mol. The number of rotatable bonds is 0. The van der Waals surface area contributed by atoms with Crippen LogP contribution in [0.15, 0.2) is 36.4 Å². The maximum atomic E-state index is 7.51. The van der Waals surface area contributed by atoms with E-state index in [0.717, 1.165) is 0 Å². The molecule has 0 aliphatic heterocycles. The molecule has 0 aliphatic rings. The molecule has 1 aromatic carbocycles. The highest BCUT2D eigenvalue weighted by molar-refractivity contribution is 4.99. The van der Waals surface area contributed by atoms with Crippen molar-refractivity contribution in [2.24, 2.45) is 0 Å². The van der Waals surface area contributed by atoms with Crippen molar-refractivity contribution in [3.8, 4) is 12.0 Å². The number of benzene rings is 1. The zero-order valence-corrected chi connectivity index (χ0v) is 6.41. The smallest absolute Gasteiger partial charge is 0.107 e. The number of hydrogen-bond acceptors (Lipinski definition) is 1. The summed E-state index contributed by atoms with van der Waals surface area (Å²) in [6.07, 6.45) is 1.68. The first kappa shape index (κ1) is 12.2. The van der Waals surface area contributed by atoms with Gasteiger partial charge in [0, 0.05) is 6.92 Å². The standard InChI is InChI=1S/C6H6.C3H4O.H2O/c1-2-4-6-5-3-1;1-2-3-4;/h1-6H;4H,1H3;1H2. The van der Waals surface area contributed by atoms with E-state index in [2.05, 4.69) is 5.92 Å². The predicted octanol–water partition coefficient (Wildman–Crippen LogP) is 1.20. The minimum atomic E-state index is 0. The highest BCUT2D eigenvalue weighted by Crippen LogP contribution is 1.79. The Morgan fingerprint density at radius 3 is 1.18 bits per heavy atom. The molecule has 0 amide bonds. The highest BCUT2D eigenvalue weighted by atomic mass is 16.2. The van der Waals surface area contributed by atoms with Crippen LogP contribution in [0.4, 0.5) is 0 Å². The van der Waals surface area contributed by atoms with Gasteiger partial charge < -0.3 is 10.6 Å². The summed E-state index contributed by atoms with van der Waals surface area (Å²) < 4.78 is 0. The van der Waals surface area contributed by atoms with Crippen molar-refractivity contribution in [1.29, 1.82) is 0 Å². The van der Waals surface area contributed by atoms with E-state index in [4.69, 9.17) is 5.11 Å². The summed E-state index contributed by atoms with van der Waals surface area (Å²) in [5.41, 5.74) is 0. The average molecular weight is 152 g/mol. The van der Waals surface area contributed by atoms with Crippen molar-refractivity contribution in [2.45, 2.75) is 6.92 Å². The molecule has 1 aromatic rings. The van der Waals surface area contributed by atoms with E-state index in [0.29, 0.717) is 0 Å². The second-order valence-electron chi connectivity index (χ2n) is 1.52. The van der Waals surface area contributed by atoms with Crippen LogP contribution >= 0.6 is 0 Å². The molecule has 60 valence electrons. The Morgan fingerprint density at radius 2 is 1.09 bits per heavy atom. The van der Waals surface area contributed by atoms with Gasteiger partial charge in [-0.15, -0.1) is 0 Å². The molecule has 0 bridgehead atoms. The van der Waals surface area contributed by atoms with Crippen LogP contribution in [0.3, 0.4) is 0 Å². The third-order valence-electron chi connectivity index (χ3n) is 0.778. The molecule has 3 N–H and O–H groups in total. The second-order valence-corrected chi connectivity index (χ2v) is 1.52. The number of aliphatic hydroxyl groups excluding tert-OH is 1. The van der Waals surface area contributed by atoms with Crippen molar-refractivity contribution in [2.75, 3.05) is 0 Å². The molecule has 0 fully saturated rings. The lowest BCUT2D eigenvalue weighted by molar-refractivity contribution is 0.517. The summed E-state index contributed by atoms with van der Waals surface area (Å²) in [6.45, 7) is 1.57. The van der Waals surface area contributed by atoms with Gasteiger partial charge in [-0.05, 0) is 0 Å². The third-order valence-corrected chi connectivity index (χ3v) is 0.778. The van der Waals surface area contributed by atoms with Crippen molar-refractivity contribution < 1.29 is 10.6 Å². The number of aliphatic hydroxyl groups is 1. The summed E-state index contributed by atoms with van der Waals surface area (Å²) in [4.78, 5) is 0. The van der Waals surface area contributed by atoms with Crippen LogP contribution in [0.25, 0.3) is 0 Å². The largest absolute Gasteiger partial charge is 0.462 e. The Bertz CT molecular complexity index is 163. The van der Waals surface area contributed by atoms with E-state index in [1.54, 1.807) is 13.0 Å². The van der Waals surface area contributed by atoms with Crippen LogP contribution in [0.5, 0.6) is 0 Å². The lowest BCUT2D eigenvalue weighted by atomic mass is 10.4. The molecule has 0 saturated carbocycles. The molecule has 0 saturated heterocycles. The lowest BCUT2D eigenvalue weighted by Gasteiger charge is -1.69. The first-order valence-electron chi connectivity index (χ1n) is 2.97. The normalized spacial score (nSPS) is 5.55. The molecule has 0 atom stereocenters. The Balaban J connectivity index is 0. The molecule has 11 heavy (non-hydrogen) atoms. The molecule has 2 heteroatoms. The predicted molar refractivity (Wildman–Crippen MR) is 45.4 cm³/mol. The third kappa shape index (κ3) is 11.9. The molecule has 1 rings (SSSR count). The van der Waals surface area contributed by atoms with Gasteiger partial charge in [0.1, 0.15) is 6.11 Å². The summed E-state index contributed by atoms with van der Waals surface area (Å²) in [5.74, 6) is 2.24. The summed E-state index contributed by atoms with van der Waals surface area (Å²) in [5, 5.41) is 7.51. The number of hydrogen-bond donors (Lipinski definition) is 1. The minimum Gasteiger partial charge on any atom is -0.462 e. The Labute approximate surface area is 66.8 Å². The fraction of sp³-hybridized carbons (Fsp3) is 0.111. The van der Waals surface area contributed by atoms with E-state index in [9.17, 15) is 0 Å². The van der Waals surface area contributed by atoms with Gasteiger partial charge in [-0.2, -0.15) is 0 Å². The van der Waals surface area contributed by atoms with Gasteiger partial charge in [0.25, 0.3) is 0 Å². The fourth-order valence-electron chi connectivity index (χ4n) is 0.385. The molecule has 0 aromatic heterocycles. The van der Waals surface area contributed by atoms with E-state index in [1.807, 2.05) is 36.4 Å². The van der Waals surface area contributed by atoms with E-state index in [-0.39, 0.29) is 5.48 Å². The average Bonchev–Trinajstić information content (AvgIpc) is 2.08. The van der Waals surface area contributed by atoms with Crippen molar-refractivity contribution in [1.82, 2.24) is 0 Å². The minimum absolute atomic E-state index is 0.